The van der Waals surface area contributed by atoms with Gasteiger partial charge in [0.2, 0.25) is 0 Å². The number of hydrogen-bond donors (Lipinski definition) is 4. The fourth-order valence-corrected chi connectivity index (χ4v) is 5.38. The van der Waals surface area contributed by atoms with E-state index in [1.807, 2.05) is 19.1 Å². The van der Waals surface area contributed by atoms with E-state index >= 15 is 0 Å². The predicted octanol–water partition coefficient (Wildman–Crippen LogP) is 4.66. The van der Waals surface area contributed by atoms with E-state index in [1.165, 1.54) is 56.1 Å². The van der Waals surface area contributed by atoms with Crippen molar-refractivity contribution in [1.82, 2.24) is 10.5 Å². The molecule has 5 rings (SSSR count). The van der Waals surface area contributed by atoms with Crippen molar-refractivity contribution in [3.8, 4) is 33.9 Å². The lowest BCUT2D eigenvalue weighted by atomic mass is 9.95. The molecule has 0 aliphatic carbocycles. The summed E-state index contributed by atoms with van der Waals surface area (Å²) in [5.74, 6) is -0.675. The average molecular weight is 545 g/mol. The number of carbonyl (C=O) groups is 1. The molecular weight excluding hydrogens is 509 g/mol. The summed E-state index contributed by atoms with van der Waals surface area (Å²) in [5, 5.41) is 28.3. The van der Waals surface area contributed by atoms with E-state index < -0.39 is 0 Å². The Labute approximate surface area is 233 Å². The zero-order valence-corrected chi connectivity index (χ0v) is 22.7. The van der Waals surface area contributed by atoms with Gasteiger partial charge in [0.1, 0.15) is 23.9 Å². The number of quaternary nitrogens is 1. The van der Waals surface area contributed by atoms with Crippen LogP contribution in [0.25, 0.3) is 22.5 Å². The lowest BCUT2D eigenvalue weighted by Crippen LogP contribution is -3.11. The van der Waals surface area contributed by atoms with E-state index in [0.29, 0.717) is 36.1 Å². The number of halogens is 1. The minimum Gasteiger partial charge on any atom is -0.508 e. The number of hydrogen-bond acceptors (Lipinski definition) is 5. The van der Waals surface area contributed by atoms with E-state index in [2.05, 4.69) is 22.6 Å². The number of piperidine rings is 1. The van der Waals surface area contributed by atoms with Crippen LogP contribution in [-0.4, -0.2) is 40.9 Å². The summed E-state index contributed by atoms with van der Waals surface area (Å²) in [7, 11) is 0. The molecule has 0 atom stereocenters. The molecule has 0 spiro atoms. The van der Waals surface area contributed by atoms with Gasteiger partial charge in [-0.3, -0.25) is 4.79 Å². The Bertz CT molecular complexity index is 1460. The Hall–Kier alpha value is -4.17. The molecule has 1 aliphatic heterocycles. The summed E-state index contributed by atoms with van der Waals surface area (Å²) in [5.41, 5.74) is 4.40. The van der Waals surface area contributed by atoms with Crippen LogP contribution in [-0.2, 0) is 19.4 Å². The number of aromatic hydroxyl groups is 2. The van der Waals surface area contributed by atoms with E-state index in [-0.39, 0.29) is 34.7 Å². The molecular formula is C32H35FN3O4+. The third kappa shape index (κ3) is 6.18. The van der Waals surface area contributed by atoms with Crippen molar-refractivity contribution in [3.63, 3.8) is 0 Å². The van der Waals surface area contributed by atoms with Gasteiger partial charge in [0.25, 0.3) is 5.91 Å². The Morgan fingerprint density at radius 3 is 2.35 bits per heavy atom. The highest BCUT2D eigenvalue weighted by Gasteiger charge is 2.27. The molecule has 1 aromatic heterocycles. The second-order valence-corrected chi connectivity index (χ2v) is 10.4. The van der Waals surface area contributed by atoms with Gasteiger partial charge < -0.3 is 25.0 Å². The minimum atomic E-state index is -0.371. The first-order valence-electron chi connectivity index (χ1n) is 13.9. The molecule has 0 radical (unpaired) electrons. The Morgan fingerprint density at radius 2 is 1.65 bits per heavy atom. The predicted molar refractivity (Wildman–Crippen MR) is 151 cm³/mol. The van der Waals surface area contributed by atoms with Crippen LogP contribution in [0, 0.1) is 5.82 Å². The molecule has 208 valence electrons. The fraction of sp³-hybridized carbons (Fsp3) is 0.312. The minimum absolute atomic E-state index is 0.0575. The molecule has 0 saturated carbocycles. The van der Waals surface area contributed by atoms with Crippen LogP contribution in [0.15, 0.2) is 65.2 Å². The van der Waals surface area contributed by atoms with Crippen LogP contribution in [0.4, 0.5) is 4.39 Å². The summed E-state index contributed by atoms with van der Waals surface area (Å²) in [4.78, 5) is 14.5. The van der Waals surface area contributed by atoms with Crippen LogP contribution < -0.4 is 10.2 Å². The maximum absolute atomic E-state index is 13.3. The molecule has 7 nitrogen and oxygen atoms in total. The molecule has 2 heterocycles. The van der Waals surface area contributed by atoms with Gasteiger partial charge in [-0.2, -0.15) is 0 Å². The molecule has 1 aliphatic rings. The SMILES string of the molecule is CCNC(=O)c1noc(-c2cc(CCc3ccc(F)cc3)c(O)cc2O)c1-c1ccc(C[NH+]2CCCCC2)cc1. The van der Waals surface area contributed by atoms with E-state index in [9.17, 15) is 19.4 Å². The number of aromatic nitrogens is 1. The fourth-order valence-electron chi connectivity index (χ4n) is 5.38. The van der Waals surface area contributed by atoms with Gasteiger partial charge in [0, 0.05) is 18.2 Å². The first kappa shape index (κ1) is 27.4. The number of nitrogens with one attached hydrogen (secondary N) is 2. The normalized spacial score (nSPS) is 13.8. The van der Waals surface area contributed by atoms with E-state index in [1.54, 1.807) is 23.1 Å². The highest BCUT2D eigenvalue weighted by atomic mass is 19.1. The van der Waals surface area contributed by atoms with Crippen LogP contribution in [0.3, 0.4) is 0 Å². The number of aryl methyl sites for hydroxylation is 2. The summed E-state index contributed by atoms with van der Waals surface area (Å²) >= 11 is 0. The number of likely N-dealkylation sites (tertiary alicyclic amines) is 1. The third-order valence-electron chi connectivity index (χ3n) is 7.54. The second-order valence-electron chi connectivity index (χ2n) is 10.4. The van der Waals surface area contributed by atoms with Crippen LogP contribution in [0.1, 0.15) is 53.4 Å². The zero-order valence-electron chi connectivity index (χ0n) is 22.7. The van der Waals surface area contributed by atoms with Gasteiger partial charge in [0.05, 0.1) is 24.2 Å². The Morgan fingerprint density at radius 1 is 0.950 bits per heavy atom. The summed E-state index contributed by atoms with van der Waals surface area (Å²) in [6, 6.07) is 17.2. The number of benzene rings is 3. The molecule has 0 unspecified atom stereocenters. The zero-order chi connectivity index (χ0) is 28.1. The number of phenols is 2. The maximum atomic E-state index is 13.3. The molecule has 3 aromatic carbocycles. The highest BCUT2D eigenvalue weighted by molar-refractivity contribution is 6.02. The van der Waals surface area contributed by atoms with Crippen molar-refractivity contribution in [2.24, 2.45) is 0 Å². The van der Waals surface area contributed by atoms with Gasteiger partial charge in [0.15, 0.2) is 11.5 Å². The third-order valence-corrected chi connectivity index (χ3v) is 7.54. The molecule has 1 fully saturated rings. The van der Waals surface area contributed by atoms with Gasteiger partial charge in [-0.15, -0.1) is 0 Å². The van der Waals surface area contributed by atoms with Crippen molar-refractivity contribution in [3.05, 3.63) is 88.9 Å². The Balaban J connectivity index is 1.48. The first-order chi connectivity index (χ1) is 19.4. The quantitative estimate of drug-likeness (QED) is 0.246. The molecule has 8 heteroatoms. The van der Waals surface area contributed by atoms with Gasteiger partial charge >= 0.3 is 0 Å². The molecule has 1 amide bonds. The molecule has 1 saturated heterocycles. The van der Waals surface area contributed by atoms with Gasteiger partial charge in [-0.05, 0) is 73.9 Å². The monoisotopic (exact) mass is 544 g/mol. The van der Waals surface area contributed by atoms with Crippen LogP contribution in [0.5, 0.6) is 11.5 Å². The molecule has 0 bridgehead atoms. The highest BCUT2D eigenvalue weighted by Crippen LogP contribution is 2.42. The van der Waals surface area contributed by atoms with Gasteiger partial charge in [-0.1, -0.05) is 41.6 Å². The summed E-state index contributed by atoms with van der Waals surface area (Å²) in [6.07, 6.45) is 4.83. The standard InChI is InChI=1S/C32H34FN3O4/c1-2-34-32(39)30-29(23-11-7-22(8-12-23)20-36-16-4-3-5-17-36)31(40-35-30)26-18-24(27(37)19-28(26)38)13-6-21-9-14-25(33)15-10-21/h7-12,14-15,18-19,37-38H,2-6,13,16-17,20H2,1H3,(H,34,39)/p+1. The van der Waals surface area contributed by atoms with E-state index in [4.69, 9.17) is 4.52 Å². The second kappa shape index (κ2) is 12.3. The van der Waals surface area contributed by atoms with Crippen molar-refractivity contribution >= 4 is 5.91 Å². The maximum Gasteiger partial charge on any atom is 0.274 e. The molecule has 4 N–H and O–H groups in total. The van der Waals surface area contributed by atoms with Crippen molar-refractivity contribution in [2.45, 2.75) is 45.6 Å². The average Bonchev–Trinajstić information content (AvgIpc) is 3.40. The topological polar surface area (TPSA) is 100 Å². The van der Waals surface area contributed by atoms with E-state index in [0.717, 1.165) is 17.7 Å². The number of carbonyl (C=O) groups excluding carboxylic acids is 1. The lowest BCUT2D eigenvalue weighted by molar-refractivity contribution is -0.918. The summed E-state index contributed by atoms with van der Waals surface area (Å²) in [6.45, 7) is 5.58. The summed E-state index contributed by atoms with van der Waals surface area (Å²) < 4.78 is 19.0. The van der Waals surface area contributed by atoms with Crippen LogP contribution in [0.2, 0.25) is 0 Å². The largest absolute Gasteiger partial charge is 0.508 e. The van der Waals surface area contributed by atoms with Crippen LogP contribution >= 0.6 is 0 Å². The smallest absolute Gasteiger partial charge is 0.274 e. The number of nitrogens with zero attached hydrogens (tertiary/aromatic N) is 1. The van der Waals surface area contributed by atoms with Crippen molar-refractivity contribution < 1.29 is 28.8 Å². The Kier molecular flexibility index (Phi) is 8.45. The molecule has 4 aromatic rings. The van der Waals surface area contributed by atoms with Gasteiger partial charge in [-0.25, -0.2) is 4.39 Å². The molecule has 40 heavy (non-hydrogen) atoms. The van der Waals surface area contributed by atoms with Crippen molar-refractivity contribution in [1.29, 1.82) is 0 Å². The van der Waals surface area contributed by atoms with Crippen molar-refractivity contribution in [2.75, 3.05) is 19.6 Å². The number of phenolic OH excluding ortho intramolecular Hbond substituents is 2. The number of amides is 1. The number of rotatable bonds is 9. The lowest BCUT2D eigenvalue weighted by Gasteiger charge is -2.23. The first-order valence-corrected chi connectivity index (χ1v) is 13.9.